The third-order valence-corrected chi connectivity index (χ3v) is 3.89. The maximum absolute atomic E-state index is 12.6. The Morgan fingerprint density at radius 2 is 1.54 bits per heavy atom. The number of anilines is 1. The first-order chi connectivity index (χ1) is 13.3. The summed E-state index contributed by atoms with van der Waals surface area (Å²) in [4.78, 5) is 24.5. The molecule has 0 saturated heterocycles. The number of carbonyl (C=O) groups excluding carboxylic acids is 2. The molecule has 0 heterocycles. The zero-order valence-corrected chi connectivity index (χ0v) is 16.5. The molecule has 28 heavy (non-hydrogen) atoms. The fraction of sp³-hybridized carbons (Fsp3) is 0.273. The van der Waals surface area contributed by atoms with Crippen molar-refractivity contribution >= 4 is 28.9 Å². The van der Waals surface area contributed by atoms with Crippen LogP contribution >= 0.6 is 0 Å². The molecule has 6 heteroatoms. The molecule has 2 aromatic rings. The van der Waals surface area contributed by atoms with E-state index in [1.807, 2.05) is 44.2 Å². The third kappa shape index (κ3) is 6.79. The predicted molar refractivity (Wildman–Crippen MR) is 112 cm³/mol. The van der Waals surface area contributed by atoms with Gasteiger partial charge in [-0.3, -0.25) is 9.59 Å². The summed E-state index contributed by atoms with van der Waals surface area (Å²) in [5, 5.41) is 13.9. The van der Waals surface area contributed by atoms with Gasteiger partial charge in [-0.1, -0.05) is 38.6 Å². The second-order valence-electron chi connectivity index (χ2n) is 7.01. The van der Waals surface area contributed by atoms with Crippen LogP contribution in [0.1, 0.15) is 27.2 Å². The summed E-state index contributed by atoms with van der Waals surface area (Å²) in [6, 6.07) is 15.9. The molecule has 0 aliphatic heterocycles. The predicted octanol–water partition coefficient (Wildman–Crippen LogP) is 5.15. The lowest BCUT2D eigenvalue weighted by atomic mass is 10.0. The van der Waals surface area contributed by atoms with Crippen molar-refractivity contribution in [2.24, 2.45) is 16.1 Å². The van der Waals surface area contributed by atoms with Gasteiger partial charge in [0.2, 0.25) is 11.8 Å². The van der Waals surface area contributed by atoms with Gasteiger partial charge < -0.3 is 10.6 Å². The van der Waals surface area contributed by atoms with E-state index in [0.29, 0.717) is 23.4 Å². The Bertz CT molecular complexity index is 843. The van der Waals surface area contributed by atoms with Crippen LogP contribution in [0.2, 0.25) is 0 Å². The van der Waals surface area contributed by atoms with Crippen LogP contribution in [0.15, 0.2) is 77.0 Å². The lowest BCUT2D eigenvalue weighted by molar-refractivity contribution is -0.124. The molecule has 146 valence electrons. The zero-order chi connectivity index (χ0) is 20.5. The Labute approximate surface area is 165 Å². The van der Waals surface area contributed by atoms with E-state index in [2.05, 4.69) is 27.4 Å². The number of carbonyl (C=O) groups is 2. The summed E-state index contributed by atoms with van der Waals surface area (Å²) in [5.41, 5.74) is 2.44. The van der Waals surface area contributed by atoms with E-state index in [-0.39, 0.29) is 17.7 Å². The first-order valence-corrected chi connectivity index (χ1v) is 9.19. The summed E-state index contributed by atoms with van der Waals surface area (Å²) in [6.07, 6.45) is 0.536. The highest BCUT2D eigenvalue weighted by molar-refractivity contribution is 6.00. The van der Waals surface area contributed by atoms with Gasteiger partial charge in [0.1, 0.15) is 6.04 Å². The Morgan fingerprint density at radius 1 is 0.964 bits per heavy atom. The normalized spacial score (nSPS) is 12.0. The molecule has 1 unspecified atom stereocenters. The summed E-state index contributed by atoms with van der Waals surface area (Å²) in [6.45, 7) is 9.23. The lowest BCUT2D eigenvalue weighted by Crippen LogP contribution is -2.44. The number of hydrogen-bond donors (Lipinski definition) is 2. The zero-order valence-electron chi connectivity index (χ0n) is 16.5. The summed E-state index contributed by atoms with van der Waals surface area (Å²) in [5.74, 6) is -0.332. The van der Waals surface area contributed by atoms with Crippen molar-refractivity contribution in [1.82, 2.24) is 5.32 Å². The molecule has 2 amide bonds. The highest BCUT2D eigenvalue weighted by Gasteiger charge is 2.22. The topological polar surface area (TPSA) is 82.9 Å². The Balaban J connectivity index is 2.02. The van der Waals surface area contributed by atoms with Crippen LogP contribution in [0.4, 0.5) is 17.1 Å². The highest BCUT2D eigenvalue weighted by atomic mass is 16.2. The van der Waals surface area contributed by atoms with E-state index >= 15 is 0 Å². The van der Waals surface area contributed by atoms with Crippen LogP contribution in [0, 0.1) is 5.92 Å². The largest absolute Gasteiger partial charge is 0.341 e. The van der Waals surface area contributed by atoms with Crippen molar-refractivity contribution in [1.29, 1.82) is 0 Å². The second-order valence-corrected chi connectivity index (χ2v) is 7.01. The summed E-state index contributed by atoms with van der Waals surface area (Å²) >= 11 is 0. The number of azo groups is 1. The minimum atomic E-state index is -0.623. The number of nitrogens with zero attached hydrogens (tertiary/aromatic N) is 2. The van der Waals surface area contributed by atoms with Crippen molar-refractivity contribution in [2.75, 3.05) is 5.32 Å². The molecule has 1 atom stereocenters. The summed E-state index contributed by atoms with van der Waals surface area (Å²) < 4.78 is 0. The molecule has 0 aromatic heterocycles. The number of hydrogen-bond acceptors (Lipinski definition) is 4. The molecule has 0 spiro atoms. The van der Waals surface area contributed by atoms with Crippen molar-refractivity contribution in [3.05, 3.63) is 66.7 Å². The van der Waals surface area contributed by atoms with E-state index in [9.17, 15) is 9.59 Å². The van der Waals surface area contributed by atoms with Gasteiger partial charge in [-0.25, -0.2) is 0 Å². The molecule has 2 aromatic carbocycles. The van der Waals surface area contributed by atoms with Crippen LogP contribution in [0.5, 0.6) is 0 Å². The Hall–Kier alpha value is -3.28. The second kappa shape index (κ2) is 10.2. The lowest BCUT2D eigenvalue weighted by Gasteiger charge is -2.20. The number of amides is 2. The maximum atomic E-state index is 12.6. The minimum Gasteiger partial charge on any atom is -0.341 e. The van der Waals surface area contributed by atoms with Gasteiger partial charge in [0.15, 0.2) is 0 Å². The molecule has 2 rings (SSSR count). The third-order valence-electron chi connectivity index (χ3n) is 3.89. The van der Waals surface area contributed by atoms with Gasteiger partial charge >= 0.3 is 0 Å². The number of benzene rings is 2. The van der Waals surface area contributed by atoms with Crippen molar-refractivity contribution < 1.29 is 9.59 Å². The van der Waals surface area contributed by atoms with Crippen LogP contribution in [-0.4, -0.2) is 17.9 Å². The van der Waals surface area contributed by atoms with Crippen molar-refractivity contribution in [2.45, 2.75) is 33.2 Å². The van der Waals surface area contributed by atoms with Gasteiger partial charge in [0.05, 0.1) is 11.4 Å². The molecule has 0 aliphatic carbocycles. The van der Waals surface area contributed by atoms with Crippen LogP contribution in [0.25, 0.3) is 0 Å². The standard InChI is InChI=1S/C22H26N4O2/c1-15(2)14-20(24-21(27)16(3)4)22(28)23-17-10-12-19(13-11-17)26-25-18-8-6-5-7-9-18/h5-13,15,20H,3,14H2,1-2,4H3,(H,23,28)(H,24,27). The van der Waals surface area contributed by atoms with Crippen molar-refractivity contribution in [3.63, 3.8) is 0 Å². The van der Waals surface area contributed by atoms with Gasteiger partial charge in [-0.05, 0) is 55.7 Å². The highest BCUT2D eigenvalue weighted by Crippen LogP contribution is 2.20. The van der Waals surface area contributed by atoms with E-state index in [1.54, 1.807) is 31.2 Å². The monoisotopic (exact) mass is 378 g/mol. The molecular formula is C22H26N4O2. The van der Waals surface area contributed by atoms with Gasteiger partial charge in [0, 0.05) is 11.3 Å². The molecule has 0 fully saturated rings. The Kier molecular flexibility index (Phi) is 7.63. The molecule has 2 N–H and O–H groups in total. The van der Waals surface area contributed by atoms with E-state index in [4.69, 9.17) is 0 Å². The quantitative estimate of drug-likeness (QED) is 0.492. The number of nitrogens with one attached hydrogen (secondary N) is 2. The maximum Gasteiger partial charge on any atom is 0.246 e. The van der Waals surface area contributed by atoms with Crippen molar-refractivity contribution in [3.8, 4) is 0 Å². The van der Waals surface area contributed by atoms with E-state index < -0.39 is 6.04 Å². The smallest absolute Gasteiger partial charge is 0.246 e. The molecular weight excluding hydrogens is 352 g/mol. The fourth-order valence-electron chi connectivity index (χ4n) is 2.44. The fourth-order valence-corrected chi connectivity index (χ4v) is 2.44. The van der Waals surface area contributed by atoms with Crippen LogP contribution < -0.4 is 10.6 Å². The molecule has 0 bridgehead atoms. The molecule has 0 radical (unpaired) electrons. The SMILES string of the molecule is C=C(C)C(=O)NC(CC(C)C)C(=O)Nc1ccc(N=Nc2ccccc2)cc1. The Morgan fingerprint density at radius 3 is 2.07 bits per heavy atom. The van der Waals surface area contributed by atoms with E-state index in [1.165, 1.54) is 0 Å². The molecule has 0 aliphatic rings. The van der Waals surface area contributed by atoms with E-state index in [0.717, 1.165) is 5.69 Å². The van der Waals surface area contributed by atoms with Gasteiger partial charge in [0.25, 0.3) is 0 Å². The number of rotatable bonds is 8. The van der Waals surface area contributed by atoms with Crippen LogP contribution in [0.3, 0.4) is 0 Å². The average molecular weight is 378 g/mol. The first kappa shape index (κ1) is 21.0. The summed E-state index contributed by atoms with van der Waals surface area (Å²) in [7, 11) is 0. The van der Waals surface area contributed by atoms with Crippen LogP contribution in [-0.2, 0) is 9.59 Å². The average Bonchev–Trinajstić information content (AvgIpc) is 2.67. The van der Waals surface area contributed by atoms with Gasteiger partial charge in [-0.2, -0.15) is 10.2 Å². The molecule has 0 saturated carbocycles. The molecule has 6 nitrogen and oxygen atoms in total. The minimum absolute atomic E-state index is 0.252. The first-order valence-electron chi connectivity index (χ1n) is 9.19. The van der Waals surface area contributed by atoms with Gasteiger partial charge in [-0.15, -0.1) is 0 Å².